The molecular formula is C15H17N3O2. The van der Waals surface area contributed by atoms with Gasteiger partial charge in [-0.05, 0) is 30.0 Å². The molecule has 1 aromatic heterocycles. The topological polar surface area (TPSA) is 80.4 Å². The van der Waals surface area contributed by atoms with Crippen LogP contribution in [0.5, 0.6) is 5.75 Å². The summed E-state index contributed by atoms with van der Waals surface area (Å²) < 4.78 is 5.72. The van der Waals surface area contributed by atoms with Crippen LogP contribution in [0.15, 0.2) is 30.5 Å². The van der Waals surface area contributed by atoms with Crippen LogP contribution in [0.1, 0.15) is 6.42 Å². The first-order valence-electron chi connectivity index (χ1n) is 6.95. The number of aromatic hydroxyl groups is 1. The number of fused-ring (bicyclic) bond motifs is 2. The Morgan fingerprint density at radius 3 is 3.15 bits per heavy atom. The summed E-state index contributed by atoms with van der Waals surface area (Å²) in [6, 6.07) is 7.42. The Labute approximate surface area is 116 Å². The molecule has 2 fully saturated rings. The number of nitrogens with two attached hydrogens (primary N) is 1. The van der Waals surface area contributed by atoms with Crippen molar-refractivity contribution in [2.75, 3.05) is 11.9 Å². The van der Waals surface area contributed by atoms with Gasteiger partial charge in [0.1, 0.15) is 11.6 Å². The van der Waals surface area contributed by atoms with E-state index in [0.29, 0.717) is 5.92 Å². The van der Waals surface area contributed by atoms with Crippen molar-refractivity contribution >= 4 is 16.6 Å². The smallest absolute Gasteiger partial charge is 0.134 e. The Kier molecular flexibility index (Phi) is 2.58. The molecule has 0 spiro atoms. The molecule has 0 amide bonds. The molecule has 2 aromatic rings. The van der Waals surface area contributed by atoms with Crippen molar-refractivity contribution in [2.45, 2.75) is 24.6 Å². The lowest BCUT2D eigenvalue weighted by Gasteiger charge is -2.45. The maximum Gasteiger partial charge on any atom is 0.134 e. The van der Waals surface area contributed by atoms with E-state index in [1.807, 2.05) is 12.1 Å². The molecule has 1 aliphatic carbocycles. The van der Waals surface area contributed by atoms with Crippen LogP contribution in [0.2, 0.25) is 0 Å². The normalized spacial score (nSPS) is 31.9. The largest absolute Gasteiger partial charge is 0.508 e. The van der Waals surface area contributed by atoms with Crippen molar-refractivity contribution in [3.63, 3.8) is 0 Å². The molecule has 4 N–H and O–H groups in total. The third kappa shape index (κ3) is 1.67. The zero-order valence-corrected chi connectivity index (χ0v) is 11.0. The Morgan fingerprint density at radius 2 is 2.25 bits per heavy atom. The zero-order valence-electron chi connectivity index (χ0n) is 11.0. The molecule has 1 aliphatic heterocycles. The summed E-state index contributed by atoms with van der Waals surface area (Å²) in [6.07, 6.45) is 3.01. The van der Waals surface area contributed by atoms with Crippen molar-refractivity contribution in [1.82, 2.24) is 4.98 Å². The average molecular weight is 271 g/mol. The molecule has 5 nitrogen and oxygen atoms in total. The Bertz CT molecular complexity index is 661. The minimum atomic E-state index is 0.1000. The van der Waals surface area contributed by atoms with Crippen molar-refractivity contribution in [3.05, 3.63) is 30.5 Å². The Morgan fingerprint density at radius 1 is 1.35 bits per heavy atom. The first kappa shape index (κ1) is 11.9. The number of ether oxygens (including phenoxy) is 1. The minimum Gasteiger partial charge on any atom is -0.508 e. The fraction of sp³-hybridized carbons (Fsp3) is 0.400. The molecule has 1 saturated carbocycles. The highest BCUT2D eigenvalue weighted by molar-refractivity contribution is 5.92. The van der Waals surface area contributed by atoms with Crippen LogP contribution in [0.4, 0.5) is 5.82 Å². The van der Waals surface area contributed by atoms with E-state index in [-0.39, 0.29) is 23.9 Å². The molecule has 0 bridgehead atoms. The number of nitrogens with one attached hydrogen (secondary N) is 1. The van der Waals surface area contributed by atoms with E-state index in [4.69, 9.17) is 10.5 Å². The SMILES string of the molecule is NC1C2CCOC2C1Nc1nccc2ccc(O)cc12. The zero-order chi connectivity index (χ0) is 13.7. The second-order valence-corrected chi connectivity index (χ2v) is 5.60. The third-order valence-electron chi connectivity index (χ3n) is 4.50. The van der Waals surface area contributed by atoms with Crippen LogP contribution in [-0.2, 0) is 4.74 Å². The van der Waals surface area contributed by atoms with Crippen LogP contribution >= 0.6 is 0 Å². The lowest BCUT2D eigenvalue weighted by Crippen LogP contribution is -2.65. The summed E-state index contributed by atoms with van der Waals surface area (Å²) in [5.41, 5.74) is 6.21. The van der Waals surface area contributed by atoms with E-state index < -0.39 is 0 Å². The van der Waals surface area contributed by atoms with Gasteiger partial charge in [-0.3, -0.25) is 0 Å². The van der Waals surface area contributed by atoms with E-state index in [1.165, 1.54) is 0 Å². The standard InChI is InChI=1S/C15H17N3O2/c16-12-10-4-6-20-14(10)13(12)18-15-11-7-9(19)2-1-8(11)3-5-17-15/h1-3,5,7,10,12-14,19H,4,6,16H2,(H,17,18). The minimum absolute atomic E-state index is 0.1000. The van der Waals surface area contributed by atoms with Crippen LogP contribution in [-0.4, -0.2) is 34.9 Å². The van der Waals surface area contributed by atoms with Gasteiger partial charge in [0, 0.05) is 30.1 Å². The fourth-order valence-electron chi connectivity index (χ4n) is 3.36. The van der Waals surface area contributed by atoms with E-state index in [0.717, 1.165) is 29.6 Å². The number of pyridine rings is 1. The molecule has 2 aliphatic rings. The molecular weight excluding hydrogens is 254 g/mol. The number of aromatic nitrogens is 1. The summed E-state index contributed by atoms with van der Waals surface area (Å²) in [5.74, 6) is 1.46. The molecule has 20 heavy (non-hydrogen) atoms. The number of phenolic OH excluding ortho intramolecular Hbond substituents is 1. The quantitative estimate of drug-likeness (QED) is 0.770. The van der Waals surface area contributed by atoms with Gasteiger partial charge in [0.25, 0.3) is 0 Å². The molecule has 1 saturated heterocycles. The maximum atomic E-state index is 9.66. The van der Waals surface area contributed by atoms with Crippen molar-refractivity contribution in [2.24, 2.45) is 11.7 Å². The Balaban J connectivity index is 1.67. The van der Waals surface area contributed by atoms with E-state index in [9.17, 15) is 5.11 Å². The second kappa shape index (κ2) is 4.33. The van der Waals surface area contributed by atoms with Gasteiger partial charge >= 0.3 is 0 Å². The van der Waals surface area contributed by atoms with Crippen LogP contribution in [0.3, 0.4) is 0 Å². The monoisotopic (exact) mass is 271 g/mol. The fourth-order valence-corrected chi connectivity index (χ4v) is 3.36. The first-order chi connectivity index (χ1) is 9.74. The molecule has 4 unspecified atom stereocenters. The van der Waals surface area contributed by atoms with Gasteiger partial charge in [-0.15, -0.1) is 0 Å². The average Bonchev–Trinajstić information content (AvgIpc) is 2.89. The number of hydrogen-bond acceptors (Lipinski definition) is 5. The lowest BCUT2D eigenvalue weighted by atomic mass is 9.72. The van der Waals surface area contributed by atoms with Crippen molar-refractivity contribution in [3.8, 4) is 5.75 Å². The molecule has 5 heteroatoms. The van der Waals surface area contributed by atoms with Crippen LogP contribution < -0.4 is 11.1 Å². The highest BCUT2D eigenvalue weighted by Gasteiger charge is 2.52. The number of phenols is 1. The van der Waals surface area contributed by atoms with Crippen LogP contribution in [0.25, 0.3) is 10.8 Å². The van der Waals surface area contributed by atoms with Gasteiger partial charge in [-0.1, -0.05) is 6.07 Å². The molecule has 4 atom stereocenters. The predicted octanol–water partition coefficient (Wildman–Crippen LogP) is 1.47. The van der Waals surface area contributed by atoms with Gasteiger partial charge < -0.3 is 20.9 Å². The maximum absolute atomic E-state index is 9.66. The third-order valence-corrected chi connectivity index (χ3v) is 4.50. The van der Waals surface area contributed by atoms with Gasteiger partial charge in [0.2, 0.25) is 0 Å². The Hall–Kier alpha value is -1.85. The molecule has 104 valence electrons. The summed E-state index contributed by atoms with van der Waals surface area (Å²) in [7, 11) is 0. The van der Waals surface area contributed by atoms with Gasteiger partial charge in [0.05, 0.1) is 12.1 Å². The number of anilines is 1. The van der Waals surface area contributed by atoms with Gasteiger partial charge in [-0.25, -0.2) is 4.98 Å². The van der Waals surface area contributed by atoms with Crippen molar-refractivity contribution in [1.29, 1.82) is 0 Å². The molecule has 0 radical (unpaired) electrons. The van der Waals surface area contributed by atoms with E-state index in [2.05, 4.69) is 10.3 Å². The molecule has 1 aromatic carbocycles. The van der Waals surface area contributed by atoms with Gasteiger partial charge in [0.15, 0.2) is 0 Å². The number of hydrogen-bond donors (Lipinski definition) is 3. The summed E-state index contributed by atoms with van der Waals surface area (Å²) >= 11 is 0. The van der Waals surface area contributed by atoms with Crippen LogP contribution in [0, 0.1) is 5.92 Å². The summed E-state index contributed by atoms with van der Waals surface area (Å²) in [4.78, 5) is 4.39. The number of nitrogens with zero attached hydrogens (tertiary/aromatic N) is 1. The predicted molar refractivity (Wildman–Crippen MR) is 76.6 cm³/mol. The van der Waals surface area contributed by atoms with E-state index in [1.54, 1.807) is 18.3 Å². The highest BCUT2D eigenvalue weighted by atomic mass is 16.5. The van der Waals surface area contributed by atoms with E-state index >= 15 is 0 Å². The second-order valence-electron chi connectivity index (χ2n) is 5.60. The first-order valence-corrected chi connectivity index (χ1v) is 6.95. The lowest BCUT2D eigenvalue weighted by molar-refractivity contribution is 0.00529. The number of benzene rings is 1. The molecule has 2 heterocycles. The summed E-state index contributed by atoms with van der Waals surface area (Å²) in [6.45, 7) is 0.797. The van der Waals surface area contributed by atoms with Gasteiger partial charge in [-0.2, -0.15) is 0 Å². The number of rotatable bonds is 2. The summed E-state index contributed by atoms with van der Waals surface area (Å²) in [5, 5.41) is 15.0. The highest BCUT2D eigenvalue weighted by Crippen LogP contribution is 2.40. The van der Waals surface area contributed by atoms with Crippen molar-refractivity contribution < 1.29 is 9.84 Å². The molecule has 4 rings (SSSR count).